The zero-order valence-corrected chi connectivity index (χ0v) is 11.0. The average molecular weight is 240 g/mol. The van der Waals surface area contributed by atoms with E-state index in [4.69, 9.17) is 0 Å². The number of rotatable bonds is 2. The number of carbonyl (C=O) groups excluding carboxylic acids is 1. The molecule has 0 saturated heterocycles. The third-order valence-electron chi connectivity index (χ3n) is 1.53. The molecule has 1 atom stereocenters. The SMILES string of the molecule is COC(=O)c1ccc(S(=O)[O-])c(F)c1.[Na+]. The molecule has 0 aliphatic carbocycles. The van der Waals surface area contributed by atoms with Gasteiger partial charge < -0.3 is 9.29 Å². The van der Waals surface area contributed by atoms with Crippen LogP contribution < -0.4 is 29.6 Å². The summed E-state index contributed by atoms with van der Waals surface area (Å²) in [5.74, 6) is -1.69. The first-order valence-electron chi connectivity index (χ1n) is 3.53. The summed E-state index contributed by atoms with van der Waals surface area (Å²) in [6, 6.07) is 3.00. The van der Waals surface area contributed by atoms with Gasteiger partial charge in [-0.3, -0.25) is 4.21 Å². The van der Waals surface area contributed by atoms with Crippen LogP contribution in [0.3, 0.4) is 0 Å². The number of hydrogen-bond donors (Lipinski definition) is 0. The fraction of sp³-hybridized carbons (Fsp3) is 0.125. The molecule has 1 aromatic rings. The molecule has 0 N–H and O–H groups in total. The number of methoxy groups -OCH3 is 1. The Balaban J connectivity index is 0.00000196. The van der Waals surface area contributed by atoms with Crippen molar-refractivity contribution in [3.8, 4) is 0 Å². The molecule has 0 aromatic heterocycles. The van der Waals surface area contributed by atoms with Gasteiger partial charge >= 0.3 is 35.5 Å². The van der Waals surface area contributed by atoms with E-state index in [1.54, 1.807) is 0 Å². The molecule has 0 fully saturated rings. The molecule has 0 amide bonds. The first-order chi connectivity index (χ1) is 6.56. The fourth-order valence-corrected chi connectivity index (χ4v) is 1.28. The van der Waals surface area contributed by atoms with E-state index in [9.17, 15) is 17.9 Å². The van der Waals surface area contributed by atoms with Crippen LogP contribution in [-0.4, -0.2) is 21.8 Å². The Morgan fingerprint density at radius 3 is 2.53 bits per heavy atom. The Hall–Kier alpha value is -0.270. The van der Waals surface area contributed by atoms with E-state index in [1.165, 1.54) is 6.07 Å². The van der Waals surface area contributed by atoms with E-state index >= 15 is 0 Å². The van der Waals surface area contributed by atoms with Crippen molar-refractivity contribution in [3.05, 3.63) is 29.6 Å². The Kier molecular flexibility index (Phi) is 6.23. The van der Waals surface area contributed by atoms with Crippen LogP contribution in [0.15, 0.2) is 23.1 Å². The van der Waals surface area contributed by atoms with Crippen molar-refractivity contribution in [1.82, 2.24) is 0 Å². The second-order valence-electron chi connectivity index (χ2n) is 2.37. The molecule has 0 saturated carbocycles. The molecule has 1 aromatic carbocycles. The van der Waals surface area contributed by atoms with Gasteiger partial charge in [-0.05, 0) is 29.3 Å². The summed E-state index contributed by atoms with van der Waals surface area (Å²) in [5.41, 5.74) is -0.0285. The molecule has 0 aliphatic heterocycles. The minimum absolute atomic E-state index is 0. The maximum Gasteiger partial charge on any atom is 1.00 e. The van der Waals surface area contributed by atoms with Crippen LogP contribution >= 0.6 is 0 Å². The number of hydrogen-bond acceptors (Lipinski definition) is 4. The van der Waals surface area contributed by atoms with E-state index in [1.807, 2.05) is 0 Å². The van der Waals surface area contributed by atoms with Crippen LogP contribution in [0, 0.1) is 5.82 Å². The van der Waals surface area contributed by atoms with E-state index in [-0.39, 0.29) is 35.1 Å². The van der Waals surface area contributed by atoms with E-state index < -0.39 is 27.8 Å². The Morgan fingerprint density at radius 1 is 1.53 bits per heavy atom. The Bertz CT molecular complexity index is 396. The first kappa shape index (κ1) is 14.7. The summed E-state index contributed by atoms with van der Waals surface area (Å²) in [6.45, 7) is 0. The molecule has 0 radical (unpaired) electrons. The van der Waals surface area contributed by atoms with Gasteiger partial charge in [0.1, 0.15) is 5.82 Å². The number of ether oxygens (including phenoxy) is 1. The van der Waals surface area contributed by atoms with Crippen LogP contribution in [0.25, 0.3) is 0 Å². The van der Waals surface area contributed by atoms with Crippen LogP contribution in [0.4, 0.5) is 4.39 Å². The molecule has 15 heavy (non-hydrogen) atoms. The van der Waals surface area contributed by atoms with Crippen molar-refractivity contribution in [3.63, 3.8) is 0 Å². The number of halogens is 1. The van der Waals surface area contributed by atoms with Crippen molar-refractivity contribution in [2.75, 3.05) is 7.11 Å². The molecule has 0 bridgehead atoms. The number of esters is 1. The van der Waals surface area contributed by atoms with E-state index in [0.29, 0.717) is 0 Å². The molecule has 0 spiro atoms. The summed E-state index contributed by atoms with van der Waals surface area (Å²) >= 11 is -2.64. The van der Waals surface area contributed by atoms with Gasteiger partial charge in [0.05, 0.1) is 17.6 Å². The minimum Gasteiger partial charge on any atom is -0.768 e. The summed E-state index contributed by atoms with van der Waals surface area (Å²) in [7, 11) is 1.15. The molecule has 1 rings (SSSR count). The van der Waals surface area contributed by atoms with Crippen molar-refractivity contribution < 1.29 is 52.2 Å². The van der Waals surface area contributed by atoms with E-state index in [0.717, 1.165) is 19.2 Å². The summed E-state index contributed by atoms with van der Waals surface area (Å²) in [4.78, 5) is 10.4. The molecular weight excluding hydrogens is 234 g/mol. The normalized spacial score (nSPS) is 11.4. The predicted molar refractivity (Wildman–Crippen MR) is 44.9 cm³/mol. The van der Waals surface area contributed by atoms with Gasteiger partial charge in [-0.2, -0.15) is 0 Å². The molecular formula is C8H6FNaO4S. The third kappa shape index (κ3) is 3.66. The quantitative estimate of drug-likeness (QED) is 0.336. The van der Waals surface area contributed by atoms with Crippen LogP contribution in [0.1, 0.15) is 10.4 Å². The van der Waals surface area contributed by atoms with Gasteiger partial charge in [0, 0.05) is 0 Å². The summed E-state index contributed by atoms with van der Waals surface area (Å²) in [5, 5.41) is 0. The largest absolute Gasteiger partial charge is 1.00 e. The second-order valence-corrected chi connectivity index (χ2v) is 3.28. The van der Waals surface area contributed by atoms with Gasteiger partial charge in [-0.1, -0.05) is 0 Å². The third-order valence-corrected chi connectivity index (χ3v) is 2.22. The van der Waals surface area contributed by atoms with Crippen molar-refractivity contribution >= 4 is 17.0 Å². The Labute approximate surface area is 110 Å². The molecule has 4 nitrogen and oxygen atoms in total. The van der Waals surface area contributed by atoms with Gasteiger partial charge in [-0.15, -0.1) is 0 Å². The zero-order valence-electron chi connectivity index (χ0n) is 8.15. The summed E-state index contributed by atoms with van der Waals surface area (Å²) < 4.78 is 38.2. The van der Waals surface area contributed by atoms with Crippen molar-refractivity contribution in [1.29, 1.82) is 0 Å². The van der Waals surface area contributed by atoms with Gasteiger partial charge in [0.15, 0.2) is 0 Å². The maximum absolute atomic E-state index is 13.0. The molecule has 1 unspecified atom stereocenters. The van der Waals surface area contributed by atoms with Crippen LogP contribution in [-0.2, 0) is 15.8 Å². The molecule has 0 heterocycles. The smallest absolute Gasteiger partial charge is 0.768 e. The Morgan fingerprint density at radius 2 is 2.13 bits per heavy atom. The molecule has 0 aliphatic rings. The zero-order chi connectivity index (χ0) is 10.7. The monoisotopic (exact) mass is 240 g/mol. The fourth-order valence-electron chi connectivity index (χ4n) is 0.881. The number of carbonyl (C=O) groups is 1. The van der Waals surface area contributed by atoms with Gasteiger partial charge in [0.25, 0.3) is 0 Å². The number of benzene rings is 1. The topological polar surface area (TPSA) is 66.4 Å². The molecule has 76 valence electrons. The average Bonchev–Trinajstić information content (AvgIpc) is 2.15. The van der Waals surface area contributed by atoms with Gasteiger partial charge in [-0.25, -0.2) is 9.18 Å². The standard InChI is InChI=1S/C8H7FO4S.Na/c1-13-8(10)5-2-3-7(14(11)12)6(9)4-5;/h2-4H,1H3,(H,11,12);/q;+1/p-1. The van der Waals surface area contributed by atoms with Crippen molar-refractivity contribution in [2.45, 2.75) is 4.90 Å². The predicted octanol–water partition coefficient (Wildman–Crippen LogP) is -2.15. The summed E-state index contributed by atoms with van der Waals surface area (Å²) in [6.07, 6.45) is 0. The van der Waals surface area contributed by atoms with Crippen LogP contribution in [0.5, 0.6) is 0 Å². The first-order valence-corrected chi connectivity index (χ1v) is 4.61. The second kappa shape index (κ2) is 6.34. The van der Waals surface area contributed by atoms with E-state index in [2.05, 4.69) is 4.74 Å². The van der Waals surface area contributed by atoms with Gasteiger partial charge in [0.2, 0.25) is 0 Å². The molecule has 7 heteroatoms. The maximum atomic E-state index is 13.0. The van der Waals surface area contributed by atoms with Crippen molar-refractivity contribution in [2.24, 2.45) is 0 Å². The van der Waals surface area contributed by atoms with Crippen LogP contribution in [0.2, 0.25) is 0 Å². The minimum atomic E-state index is -2.64.